The van der Waals surface area contributed by atoms with E-state index in [1.807, 2.05) is 6.92 Å². The van der Waals surface area contributed by atoms with Crippen LogP contribution in [0.4, 0.5) is 13.2 Å². The lowest BCUT2D eigenvalue weighted by Gasteiger charge is -2.47. The van der Waals surface area contributed by atoms with E-state index < -0.39 is 54.1 Å². The maximum Gasteiger partial charge on any atom is 0.453 e. The molecule has 4 aliphatic rings. The number of nitrogens with zero attached hydrogens (tertiary/aromatic N) is 6. The Balaban J connectivity index is 1.23. The van der Waals surface area contributed by atoms with Gasteiger partial charge in [-0.15, -0.1) is 16.9 Å². The zero-order chi connectivity index (χ0) is 29.8. The van der Waals surface area contributed by atoms with Crippen LogP contribution in [0, 0.1) is 17.8 Å². The summed E-state index contributed by atoms with van der Waals surface area (Å²) >= 11 is 1.36. The summed E-state index contributed by atoms with van der Waals surface area (Å²) in [5.41, 5.74) is 5.84. The first kappa shape index (κ1) is 29.4. The number of thioether (sulfide) groups is 1. The molecule has 4 aliphatic heterocycles. The number of Topliss-reactive ketones (excluding diaryl/α,β-unsaturated/α-hetero) is 1. The summed E-state index contributed by atoms with van der Waals surface area (Å²) in [5.74, 6) is -5.22. The molecule has 1 aromatic rings. The van der Waals surface area contributed by atoms with Crippen LogP contribution in [0.25, 0.3) is 0 Å². The first-order valence-corrected chi connectivity index (χ1v) is 14.3. The van der Waals surface area contributed by atoms with E-state index in [4.69, 9.17) is 5.73 Å². The van der Waals surface area contributed by atoms with Crippen molar-refractivity contribution in [2.45, 2.75) is 69.2 Å². The quantitative estimate of drug-likeness (QED) is 0.327. The van der Waals surface area contributed by atoms with Gasteiger partial charge in [-0.05, 0) is 29.2 Å². The van der Waals surface area contributed by atoms with Gasteiger partial charge >= 0.3 is 12.1 Å². The average Bonchev–Trinajstić information content (AvgIpc) is 3.66. The number of tetrazole rings is 1. The molecule has 4 N–H and O–H groups in total. The number of amides is 2. The van der Waals surface area contributed by atoms with Gasteiger partial charge in [-0.1, -0.05) is 13.8 Å². The number of nitrogens with two attached hydrogens (primary N) is 1. The molecule has 7 atom stereocenters. The van der Waals surface area contributed by atoms with Gasteiger partial charge in [0.05, 0.1) is 18.0 Å². The number of likely N-dealkylation sites (tertiary alicyclic amines) is 1. The fourth-order valence-electron chi connectivity index (χ4n) is 6.37. The molecule has 17 heteroatoms. The van der Waals surface area contributed by atoms with Gasteiger partial charge in [0.2, 0.25) is 11.8 Å². The van der Waals surface area contributed by atoms with Crippen LogP contribution < -0.4 is 11.1 Å². The van der Waals surface area contributed by atoms with Crippen LogP contribution in [0.5, 0.6) is 0 Å². The first-order chi connectivity index (χ1) is 19.3. The number of alkyl halides is 3. The van der Waals surface area contributed by atoms with Crippen LogP contribution in [0.15, 0.2) is 10.6 Å². The molecule has 1 aromatic heterocycles. The van der Waals surface area contributed by atoms with Gasteiger partial charge < -0.3 is 26.0 Å². The van der Waals surface area contributed by atoms with E-state index in [9.17, 15) is 37.5 Å². The Morgan fingerprint density at radius 2 is 2.02 bits per heavy atom. The number of halogens is 3. The van der Waals surface area contributed by atoms with Crippen LogP contribution in [0.3, 0.4) is 0 Å². The Labute approximate surface area is 237 Å². The van der Waals surface area contributed by atoms with E-state index in [1.54, 1.807) is 11.8 Å². The van der Waals surface area contributed by atoms with Crippen LogP contribution in [-0.4, -0.2) is 102 Å². The predicted molar refractivity (Wildman–Crippen MR) is 137 cm³/mol. The Bertz CT molecular complexity index is 1290. The van der Waals surface area contributed by atoms with Gasteiger partial charge in [0.15, 0.2) is 5.78 Å². The van der Waals surface area contributed by atoms with Crippen molar-refractivity contribution in [1.82, 2.24) is 35.3 Å². The lowest BCUT2D eigenvalue weighted by molar-refractivity contribution is -0.160. The van der Waals surface area contributed by atoms with Crippen molar-refractivity contribution in [1.29, 1.82) is 0 Å². The third kappa shape index (κ3) is 5.46. The van der Waals surface area contributed by atoms with Crippen LogP contribution in [0.1, 0.15) is 38.9 Å². The number of carboxylic acid groups (broad SMARTS) is 1. The van der Waals surface area contributed by atoms with Crippen molar-refractivity contribution in [2.75, 3.05) is 19.6 Å². The number of carbonyl (C=O) groups is 4. The van der Waals surface area contributed by atoms with E-state index in [0.717, 1.165) is 6.42 Å². The highest BCUT2D eigenvalue weighted by atomic mass is 32.2. The van der Waals surface area contributed by atoms with Crippen molar-refractivity contribution >= 4 is 35.3 Å². The number of hydrogen-bond acceptors (Lipinski definition) is 10. The zero-order valence-electron chi connectivity index (χ0n) is 22.4. The number of ketones is 1. The summed E-state index contributed by atoms with van der Waals surface area (Å²) in [7, 11) is 0. The second-order valence-electron chi connectivity index (χ2n) is 11.2. The highest BCUT2D eigenvalue weighted by Crippen LogP contribution is 2.53. The number of nitrogens with one attached hydrogen (secondary N) is 1. The number of fused-ring (bicyclic) bond motifs is 1. The number of rotatable bonds is 9. The van der Waals surface area contributed by atoms with Gasteiger partial charge in [0.1, 0.15) is 12.2 Å². The molecular formula is C24H31F3N8O5S. The molecule has 0 spiro atoms. The van der Waals surface area contributed by atoms with E-state index >= 15 is 0 Å². The summed E-state index contributed by atoms with van der Waals surface area (Å²) in [5, 5.41) is 22.3. The Hall–Kier alpha value is -3.05. The van der Waals surface area contributed by atoms with Crippen molar-refractivity contribution < 1.29 is 37.5 Å². The summed E-state index contributed by atoms with van der Waals surface area (Å²) in [6.07, 6.45) is -3.77. The van der Waals surface area contributed by atoms with Crippen LogP contribution >= 0.6 is 11.8 Å². The molecule has 0 aliphatic carbocycles. The number of aromatic nitrogens is 4. The molecule has 5 heterocycles. The molecule has 2 amide bonds. The summed E-state index contributed by atoms with van der Waals surface area (Å²) in [6, 6.07) is -0.910. The maximum absolute atomic E-state index is 13.2. The highest BCUT2D eigenvalue weighted by molar-refractivity contribution is 8.03. The molecule has 13 nitrogen and oxygen atoms in total. The second-order valence-corrected chi connectivity index (χ2v) is 12.5. The van der Waals surface area contributed by atoms with Gasteiger partial charge in [0.25, 0.3) is 5.82 Å². The van der Waals surface area contributed by atoms with E-state index in [-0.39, 0.29) is 41.3 Å². The monoisotopic (exact) mass is 600 g/mol. The molecule has 3 fully saturated rings. The van der Waals surface area contributed by atoms with Gasteiger partial charge in [-0.25, -0.2) is 9.48 Å². The third-order valence-corrected chi connectivity index (χ3v) is 9.80. The highest BCUT2D eigenvalue weighted by Gasteiger charge is 2.60. The van der Waals surface area contributed by atoms with Gasteiger partial charge in [-0.2, -0.15) is 13.2 Å². The maximum atomic E-state index is 13.2. The Morgan fingerprint density at radius 3 is 2.66 bits per heavy atom. The van der Waals surface area contributed by atoms with Gasteiger partial charge in [0, 0.05) is 48.2 Å². The topological polar surface area (TPSA) is 177 Å². The van der Waals surface area contributed by atoms with Crippen molar-refractivity contribution in [3.8, 4) is 0 Å². The summed E-state index contributed by atoms with van der Waals surface area (Å²) in [6.45, 7) is 4.41. The molecule has 0 radical (unpaired) electrons. The molecule has 0 saturated carbocycles. The fraction of sp³-hybridized carbons (Fsp3) is 0.708. The summed E-state index contributed by atoms with van der Waals surface area (Å²) in [4.78, 5) is 54.5. The van der Waals surface area contributed by atoms with Crippen molar-refractivity contribution in [2.24, 2.45) is 23.5 Å². The minimum absolute atomic E-state index is 0.0189. The molecule has 5 rings (SSSR count). The van der Waals surface area contributed by atoms with Crippen LogP contribution in [-0.2, 0) is 31.9 Å². The minimum atomic E-state index is -4.82. The van der Waals surface area contributed by atoms with E-state index in [1.165, 1.54) is 16.7 Å². The fourth-order valence-corrected chi connectivity index (χ4v) is 7.85. The normalized spacial score (nSPS) is 30.5. The van der Waals surface area contributed by atoms with Gasteiger partial charge in [-0.3, -0.25) is 14.4 Å². The lowest BCUT2D eigenvalue weighted by Crippen LogP contribution is -2.62. The number of carboxylic acids is 1. The average molecular weight is 601 g/mol. The third-order valence-electron chi connectivity index (χ3n) is 8.28. The first-order valence-electron chi connectivity index (χ1n) is 13.4. The second kappa shape index (κ2) is 11.0. The molecule has 224 valence electrons. The number of hydrogen-bond donors (Lipinski definition) is 3. The SMILES string of the molecule is C[C@@H](CC(=O)Cn1nnnc1C(F)(F)F)[C@H]1C(=O)N2C(C(=O)O)=C(S[C@@H]3CN[C@H](C(=O)N4CC[C@@H](N)C4)C3)[C@H](C)[C@H]12. The van der Waals surface area contributed by atoms with Crippen LogP contribution in [0.2, 0.25) is 0 Å². The van der Waals surface area contributed by atoms with Crippen molar-refractivity contribution in [3.63, 3.8) is 0 Å². The number of β-lactam (4-membered cyclic amide) rings is 1. The minimum Gasteiger partial charge on any atom is -0.477 e. The number of carbonyl (C=O) groups excluding carboxylic acids is 3. The van der Waals surface area contributed by atoms with E-state index in [2.05, 4.69) is 20.8 Å². The molecule has 0 unspecified atom stereocenters. The molecule has 41 heavy (non-hydrogen) atoms. The lowest BCUT2D eigenvalue weighted by atomic mass is 9.73. The largest absolute Gasteiger partial charge is 0.477 e. The summed E-state index contributed by atoms with van der Waals surface area (Å²) < 4.78 is 39.5. The Morgan fingerprint density at radius 1 is 1.29 bits per heavy atom. The van der Waals surface area contributed by atoms with Crippen molar-refractivity contribution in [3.05, 3.63) is 16.4 Å². The van der Waals surface area contributed by atoms with E-state index in [0.29, 0.717) is 35.6 Å². The molecule has 3 saturated heterocycles. The zero-order valence-corrected chi connectivity index (χ0v) is 23.2. The Kier molecular flexibility index (Phi) is 7.88. The molecular weight excluding hydrogens is 569 g/mol. The molecule has 0 aromatic carbocycles. The standard InChI is InChI=1S/C24H31F3N8O5S/c1-10(5-13(36)9-34-23(24(25,26)27)30-31-32-34)16-17-11(2)19(18(22(39)40)35(17)21(16)38)41-14-6-15(29-7-14)20(37)33-4-3-12(28)8-33/h10-12,14-17,29H,3-9,28H2,1-2H3,(H,39,40)/t10-,11+,12+,14-,15-,16+,17+/m0/s1. The smallest absolute Gasteiger partial charge is 0.453 e. The molecule has 0 bridgehead atoms. The predicted octanol–water partition coefficient (Wildman–Crippen LogP) is 0.0834. The number of aliphatic carboxylic acids is 1.